The molecule has 0 bridgehead atoms. The van der Waals surface area contributed by atoms with E-state index in [0.717, 1.165) is 24.2 Å². The fraction of sp³-hybridized carbons (Fsp3) is 0.222. The van der Waals surface area contributed by atoms with Crippen molar-refractivity contribution in [2.24, 2.45) is 0 Å². The number of aromatic nitrogens is 1. The molecule has 1 N–H and O–H groups in total. The fourth-order valence-electron chi connectivity index (χ4n) is 2.74. The zero-order valence-electron chi connectivity index (χ0n) is 11.7. The van der Waals surface area contributed by atoms with Crippen molar-refractivity contribution >= 4 is 10.9 Å². The summed E-state index contributed by atoms with van der Waals surface area (Å²) in [5.41, 5.74) is 3.10. The smallest absolute Gasteiger partial charge is 0.119 e. The Morgan fingerprint density at radius 1 is 1.00 bits per heavy atom. The minimum Gasteiger partial charge on any atom is -0.382 e. The summed E-state index contributed by atoms with van der Waals surface area (Å²) >= 11 is 0. The predicted molar refractivity (Wildman–Crippen MR) is 82.7 cm³/mol. The molecule has 1 unspecified atom stereocenters. The lowest BCUT2D eigenvalue weighted by molar-refractivity contribution is 0.210. The van der Waals surface area contributed by atoms with E-state index in [0.29, 0.717) is 0 Å². The number of aliphatic hydroxyl groups excluding tert-OH is 1. The van der Waals surface area contributed by atoms with Crippen molar-refractivity contribution in [1.29, 1.82) is 0 Å². The number of aryl methyl sites for hydroxylation is 1. The van der Waals surface area contributed by atoms with Crippen LogP contribution in [0.15, 0.2) is 60.7 Å². The zero-order chi connectivity index (χ0) is 13.9. The Bertz CT molecular complexity index is 700. The predicted octanol–water partition coefficient (Wildman–Crippen LogP) is 4.13. The number of nitrogens with zero attached hydrogens (tertiary/aromatic N) is 1. The van der Waals surface area contributed by atoms with Crippen LogP contribution in [-0.2, 0) is 6.54 Å². The van der Waals surface area contributed by atoms with Crippen LogP contribution in [0.2, 0.25) is 0 Å². The van der Waals surface area contributed by atoms with Crippen molar-refractivity contribution in [2.45, 2.75) is 26.0 Å². The molecule has 0 aliphatic rings. The number of aliphatic hydroxyl groups is 1. The van der Waals surface area contributed by atoms with Gasteiger partial charge in [0.1, 0.15) is 6.10 Å². The van der Waals surface area contributed by atoms with Gasteiger partial charge in [0.15, 0.2) is 0 Å². The topological polar surface area (TPSA) is 25.2 Å². The van der Waals surface area contributed by atoms with Gasteiger partial charge in [-0.2, -0.15) is 0 Å². The van der Waals surface area contributed by atoms with Gasteiger partial charge in [-0.25, -0.2) is 0 Å². The van der Waals surface area contributed by atoms with E-state index >= 15 is 0 Å². The summed E-state index contributed by atoms with van der Waals surface area (Å²) in [6, 6.07) is 20.2. The average molecular weight is 265 g/mol. The van der Waals surface area contributed by atoms with Crippen molar-refractivity contribution in [1.82, 2.24) is 4.57 Å². The highest BCUT2D eigenvalue weighted by Crippen LogP contribution is 2.28. The number of hydrogen-bond acceptors (Lipinski definition) is 1. The summed E-state index contributed by atoms with van der Waals surface area (Å²) in [5.74, 6) is 0. The van der Waals surface area contributed by atoms with Crippen LogP contribution >= 0.6 is 0 Å². The van der Waals surface area contributed by atoms with Gasteiger partial charge in [-0.15, -0.1) is 0 Å². The van der Waals surface area contributed by atoms with Gasteiger partial charge in [0, 0.05) is 12.1 Å². The van der Waals surface area contributed by atoms with Crippen molar-refractivity contribution in [3.8, 4) is 0 Å². The Hall–Kier alpha value is -2.06. The summed E-state index contributed by atoms with van der Waals surface area (Å²) < 4.78 is 2.23. The van der Waals surface area contributed by atoms with Crippen molar-refractivity contribution < 1.29 is 5.11 Å². The molecule has 1 aromatic heterocycles. The first-order valence-corrected chi connectivity index (χ1v) is 7.12. The average Bonchev–Trinajstić information content (AvgIpc) is 2.87. The first-order chi connectivity index (χ1) is 9.81. The normalized spacial score (nSPS) is 12.7. The van der Waals surface area contributed by atoms with E-state index in [4.69, 9.17) is 0 Å². The maximum atomic E-state index is 10.7. The van der Waals surface area contributed by atoms with E-state index in [1.807, 2.05) is 42.5 Å². The highest BCUT2D eigenvalue weighted by atomic mass is 16.3. The first-order valence-electron chi connectivity index (χ1n) is 7.12. The monoisotopic (exact) mass is 265 g/mol. The summed E-state index contributed by atoms with van der Waals surface area (Å²) in [4.78, 5) is 0. The van der Waals surface area contributed by atoms with E-state index in [1.165, 1.54) is 10.9 Å². The van der Waals surface area contributed by atoms with E-state index in [9.17, 15) is 5.11 Å². The van der Waals surface area contributed by atoms with E-state index in [2.05, 4.69) is 29.7 Å². The van der Waals surface area contributed by atoms with E-state index in [1.54, 1.807) is 0 Å². The van der Waals surface area contributed by atoms with Crippen molar-refractivity contribution in [3.63, 3.8) is 0 Å². The second-order valence-electron chi connectivity index (χ2n) is 5.09. The van der Waals surface area contributed by atoms with Crippen LogP contribution in [0.3, 0.4) is 0 Å². The highest BCUT2D eigenvalue weighted by Gasteiger charge is 2.17. The molecule has 102 valence electrons. The van der Waals surface area contributed by atoms with Gasteiger partial charge in [0.25, 0.3) is 0 Å². The third-order valence-corrected chi connectivity index (χ3v) is 3.69. The summed E-state index contributed by atoms with van der Waals surface area (Å²) in [6.45, 7) is 3.08. The van der Waals surface area contributed by atoms with Crippen LogP contribution in [-0.4, -0.2) is 9.67 Å². The van der Waals surface area contributed by atoms with Crippen LogP contribution in [0, 0.1) is 0 Å². The molecule has 2 heteroatoms. The van der Waals surface area contributed by atoms with Gasteiger partial charge < -0.3 is 9.67 Å². The zero-order valence-corrected chi connectivity index (χ0v) is 11.7. The molecule has 0 saturated carbocycles. The molecule has 1 heterocycles. The molecular weight excluding hydrogens is 246 g/mol. The Labute approximate surface area is 119 Å². The molecule has 0 fully saturated rings. The maximum absolute atomic E-state index is 10.7. The van der Waals surface area contributed by atoms with Crippen LogP contribution in [0.25, 0.3) is 10.9 Å². The van der Waals surface area contributed by atoms with Crippen molar-refractivity contribution in [2.75, 3.05) is 0 Å². The third-order valence-electron chi connectivity index (χ3n) is 3.69. The van der Waals surface area contributed by atoms with Crippen LogP contribution in [0.4, 0.5) is 0 Å². The maximum Gasteiger partial charge on any atom is 0.119 e. The minimum absolute atomic E-state index is 0.574. The van der Waals surface area contributed by atoms with Gasteiger partial charge in [0.2, 0.25) is 0 Å². The molecule has 3 rings (SSSR count). The molecule has 0 aliphatic heterocycles. The molecule has 3 aromatic rings. The lowest BCUT2D eigenvalue weighted by Crippen LogP contribution is -2.08. The first kappa shape index (κ1) is 12.9. The SMILES string of the molecule is CCCn1c(C(O)c2ccccc2)cc2ccccc21. The Morgan fingerprint density at radius 3 is 2.45 bits per heavy atom. The second kappa shape index (κ2) is 5.51. The summed E-state index contributed by atoms with van der Waals surface area (Å²) in [5, 5.41) is 11.9. The van der Waals surface area contributed by atoms with Gasteiger partial charge >= 0.3 is 0 Å². The minimum atomic E-state index is -0.574. The van der Waals surface area contributed by atoms with Crippen molar-refractivity contribution in [3.05, 3.63) is 71.9 Å². The number of fused-ring (bicyclic) bond motifs is 1. The largest absolute Gasteiger partial charge is 0.382 e. The van der Waals surface area contributed by atoms with Crippen LogP contribution < -0.4 is 0 Å². The highest BCUT2D eigenvalue weighted by molar-refractivity contribution is 5.81. The number of para-hydroxylation sites is 1. The standard InChI is InChI=1S/C18H19NO/c1-2-12-19-16-11-7-6-10-15(16)13-17(19)18(20)14-8-4-3-5-9-14/h3-11,13,18,20H,2,12H2,1H3. The third kappa shape index (κ3) is 2.23. The van der Waals surface area contributed by atoms with Gasteiger partial charge in [-0.1, -0.05) is 55.5 Å². The van der Waals surface area contributed by atoms with Gasteiger partial charge in [-0.3, -0.25) is 0 Å². The van der Waals surface area contributed by atoms with Crippen LogP contribution in [0.5, 0.6) is 0 Å². The molecule has 2 aromatic carbocycles. The van der Waals surface area contributed by atoms with Gasteiger partial charge in [-0.05, 0) is 29.5 Å². The lowest BCUT2D eigenvalue weighted by atomic mass is 10.1. The number of rotatable bonds is 4. The molecule has 20 heavy (non-hydrogen) atoms. The summed E-state index contributed by atoms with van der Waals surface area (Å²) in [7, 11) is 0. The molecule has 2 nitrogen and oxygen atoms in total. The Kier molecular flexibility index (Phi) is 3.57. The Balaban J connectivity index is 2.12. The summed E-state index contributed by atoms with van der Waals surface area (Å²) in [6.07, 6.45) is 0.475. The quantitative estimate of drug-likeness (QED) is 0.753. The molecule has 0 saturated heterocycles. The Morgan fingerprint density at radius 2 is 1.70 bits per heavy atom. The van der Waals surface area contributed by atoms with Gasteiger partial charge in [0.05, 0.1) is 5.69 Å². The lowest BCUT2D eigenvalue weighted by Gasteiger charge is -2.15. The second-order valence-corrected chi connectivity index (χ2v) is 5.09. The molecule has 0 aliphatic carbocycles. The van der Waals surface area contributed by atoms with Crippen LogP contribution in [0.1, 0.15) is 30.7 Å². The molecule has 0 radical (unpaired) electrons. The molecular formula is C18H19NO. The fourth-order valence-corrected chi connectivity index (χ4v) is 2.74. The number of hydrogen-bond donors (Lipinski definition) is 1. The van der Waals surface area contributed by atoms with E-state index < -0.39 is 6.10 Å². The molecule has 1 atom stereocenters. The van der Waals surface area contributed by atoms with E-state index in [-0.39, 0.29) is 0 Å². The molecule has 0 amide bonds. The number of benzene rings is 2. The molecule has 0 spiro atoms.